The van der Waals surface area contributed by atoms with Gasteiger partial charge in [0.25, 0.3) is 0 Å². The van der Waals surface area contributed by atoms with Crippen molar-refractivity contribution in [3.63, 3.8) is 0 Å². The lowest BCUT2D eigenvalue weighted by Crippen LogP contribution is -2.23. The van der Waals surface area contributed by atoms with Gasteiger partial charge in [-0.2, -0.15) is 9.67 Å². The monoisotopic (exact) mass is 140 g/mol. The van der Waals surface area contributed by atoms with Crippen molar-refractivity contribution >= 4 is 11.9 Å². The fourth-order valence-electron chi connectivity index (χ4n) is 0.609. The third kappa shape index (κ3) is 0.903. The van der Waals surface area contributed by atoms with Crippen LogP contribution >= 0.6 is 0 Å². The van der Waals surface area contributed by atoms with Crippen LogP contribution in [0.5, 0.6) is 0 Å². The summed E-state index contributed by atoms with van der Waals surface area (Å²) < 4.78 is 1.06. The molecule has 6 heteroatoms. The van der Waals surface area contributed by atoms with Gasteiger partial charge in [-0.15, -0.1) is 5.10 Å². The van der Waals surface area contributed by atoms with Crippen LogP contribution in [-0.2, 0) is 0 Å². The van der Waals surface area contributed by atoms with Gasteiger partial charge in [0.05, 0.1) is 0 Å². The summed E-state index contributed by atoms with van der Waals surface area (Å²) in [6.07, 6.45) is 0. The Bertz CT molecular complexity index is 261. The van der Waals surface area contributed by atoms with Crippen molar-refractivity contribution < 1.29 is 0 Å². The average molecular weight is 140 g/mol. The molecule has 0 radical (unpaired) electrons. The van der Waals surface area contributed by atoms with Crippen LogP contribution in [0.1, 0.15) is 5.82 Å². The van der Waals surface area contributed by atoms with Crippen molar-refractivity contribution in [1.82, 2.24) is 14.8 Å². The van der Waals surface area contributed by atoms with E-state index in [0.29, 0.717) is 5.82 Å². The maximum absolute atomic E-state index is 6.95. The summed E-state index contributed by atoms with van der Waals surface area (Å²) in [4.78, 5) is 3.74. The number of rotatable bonds is 0. The third-order valence-corrected chi connectivity index (χ3v) is 0.966. The number of aryl methyl sites for hydroxylation is 1. The van der Waals surface area contributed by atoms with E-state index < -0.39 is 0 Å². The van der Waals surface area contributed by atoms with Gasteiger partial charge < -0.3 is 11.5 Å². The van der Waals surface area contributed by atoms with Crippen LogP contribution in [0, 0.1) is 12.3 Å². The summed E-state index contributed by atoms with van der Waals surface area (Å²) >= 11 is 0. The second-order valence-corrected chi connectivity index (χ2v) is 1.81. The summed E-state index contributed by atoms with van der Waals surface area (Å²) in [5.74, 6) is 0.427. The van der Waals surface area contributed by atoms with Crippen LogP contribution in [0.4, 0.5) is 5.95 Å². The fraction of sp³-hybridized carbons (Fsp3) is 0.250. The number of nitrogens with one attached hydrogen (secondary N) is 1. The molecule has 10 heavy (non-hydrogen) atoms. The molecular weight excluding hydrogens is 132 g/mol. The molecule has 0 saturated heterocycles. The lowest BCUT2D eigenvalue weighted by atomic mass is 10.8. The molecule has 5 N–H and O–H groups in total. The molecule has 0 unspecified atom stereocenters. The van der Waals surface area contributed by atoms with Gasteiger partial charge in [-0.1, -0.05) is 0 Å². The van der Waals surface area contributed by atoms with Crippen molar-refractivity contribution in [3.05, 3.63) is 5.82 Å². The lowest BCUT2D eigenvalue weighted by molar-refractivity contribution is 0.900. The number of nitrogen functional groups attached to an aromatic ring is 2. The number of nitrogens with two attached hydrogens (primary N) is 2. The molecule has 6 nitrogen and oxygen atoms in total. The van der Waals surface area contributed by atoms with Crippen molar-refractivity contribution in [1.29, 1.82) is 5.41 Å². The van der Waals surface area contributed by atoms with Crippen LogP contribution in [0.25, 0.3) is 0 Å². The Balaban J connectivity index is 3.15. The Morgan fingerprint density at radius 1 is 1.70 bits per heavy atom. The zero-order chi connectivity index (χ0) is 7.72. The maximum atomic E-state index is 6.95. The predicted molar refractivity (Wildman–Crippen MR) is 36.5 cm³/mol. The minimum Gasteiger partial charge on any atom is -0.368 e. The normalized spacial score (nSPS) is 9.70. The molecule has 0 fully saturated rings. The smallest absolute Gasteiger partial charge is 0.226 e. The molecule has 0 aliphatic rings. The van der Waals surface area contributed by atoms with Crippen LogP contribution in [0.2, 0.25) is 0 Å². The molecule has 1 aromatic heterocycles. The molecule has 0 aliphatic carbocycles. The van der Waals surface area contributed by atoms with Crippen LogP contribution < -0.4 is 11.5 Å². The number of hydrogen-bond acceptors (Lipinski definition) is 4. The van der Waals surface area contributed by atoms with E-state index in [2.05, 4.69) is 10.1 Å². The van der Waals surface area contributed by atoms with Crippen LogP contribution in [-0.4, -0.2) is 20.7 Å². The van der Waals surface area contributed by atoms with Gasteiger partial charge in [0, 0.05) is 0 Å². The van der Waals surface area contributed by atoms with Crippen molar-refractivity contribution in [2.45, 2.75) is 6.92 Å². The molecule has 0 amide bonds. The summed E-state index contributed by atoms with van der Waals surface area (Å²) in [5, 5.41) is 10.7. The topological polar surface area (TPSA) is 107 Å². The van der Waals surface area contributed by atoms with E-state index in [4.69, 9.17) is 16.9 Å². The van der Waals surface area contributed by atoms with Gasteiger partial charge in [0.1, 0.15) is 5.82 Å². The van der Waals surface area contributed by atoms with E-state index >= 15 is 0 Å². The standard InChI is InChI=1S/C4H8N6/c1-2-8-4(7)10(9-2)3(5)6/h1H3,(H3,5,6)(H2,7,8,9). The second kappa shape index (κ2) is 1.98. The highest BCUT2D eigenvalue weighted by atomic mass is 15.4. The van der Waals surface area contributed by atoms with E-state index in [-0.39, 0.29) is 11.9 Å². The summed E-state index contributed by atoms with van der Waals surface area (Å²) in [7, 11) is 0. The molecule has 0 aliphatic heterocycles. The zero-order valence-corrected chi connectivity index (χ0v) is 5.50. The summed E-state index contributed by atoms with van der Waals surface area (Å²) in [5.41, 5.74) is 10.4. The van der Waals surface area contributed by atoms with Crippen molar-refractivity contribution in [3.8, 4) is 0 Å². The van der Waals surface area contributed by atoms with Gasteiger partial charge in [0.15, 0.2) is 0 Å². The minimum atomic E-state index is -0.224. The Kier molecular flexibility index (Phi) is 1.29. The number of hydrogen-bond donors (Lipinski definition) is 3. The van der Waals surface area contributed by atoms with Gasteiger partial charge >= 0.3 is 0 Å². The first-order chi connectivity index (χ1) is 4.61. The van der Waals surface area contributed by atoms with E-state index in [9.17, 15) is 0 Å². The molecule has 54 valence electrons. The molecule has 1 rings (SSSR count). The van der Waals surface area contributed by atoms with E-state index in [1.807, 2.05) is 0 Å². The highest BCUT2D eigenvalue weighted by Gasteiger charge is 2.03. The van der Waals surface area contributed by atoms with Gasteiger partial charge in [-0.25, -0.2) is 0 Å². The molecule has 0 saturated carbocycles. The molecular formula is C4H8N6. The molecule has 1 heterocycles. The molecule has 1 aromatic rings. The first kappa shape index (κ1) is 6.53. The number of nitrogens with zero attached hydrogens (tertiary/aromatic N) is 3. The lowest BCUT2D eigenvalue weighted by Gasteiger charge is -1.94. The van der Waals surface area contributed by atoms with Crippen LogP contribution in [0.15, 0.2) is 0 Å². The minimum absolute atomic E-state index is 0.144. The zero-order valence-electron chi connectivity index (χ0n) is 5.50. The largest absolute Gasteiger partial charge is 0.368 e. The SMILES string of the molecule is Cc1nc(N)n(C(=N)N)n1. The summed E-state index contributed by atoms with van der Waals surface area (Å²) in [6, 6.07) is 0. The Morgan fingerprint density at radius 2 is 2.30 bits per heavy atom. The fourth-order valence-corrected chi connectivity index (χ4v) is 0.609. The second-order valence-electron chi connectivity index (χ2n) is 1.81. The molecule has 0 aromatic carbocycles. The molecule has 0 bridgehead atoms. The highest BCUT2D eigenvalue weighted by molar-refractivity contribution is 5.78. The number of anilines is 1. The maximum Gasteiger partial charge on any atom is 0.226 e. The van der Waals surface area contributed by atoms with Crippen molar-refractivity contribution in [2.24, 2.45) is 5.73 Å². The van der Waals surface area contributed by atoms with Gasteiger partial charge in [-0.3, -0.25) is 5.41 Å². The third-order valence-electron chi connectivity index (χ3n) is 0.966. The highest BCUT2D eigenvalue weighted by Crippen LogP contribution is 1.95. The Hall–Kier alpha value is -1.59. The van der Waals surface area contributed by atoms with Crippen LogP contribution in [0.3, 0.4) is 0 Å². The van der Waals surface area contributed by atoms with Gasteiger partial charge in [0.2, 0.25) is 11.9 Å². The number of aromatic nitrogens is 3. The average Bonchev–Trinajstić information content (AvgIpc) is 2.10. The molecule has 0 spiro atoms. The quantitative estimate of drug-likeness (QED) is 0.314. The molecule has 0 atom stereocenters. The van der Waals surface area contributed by atoms with E-state index in [1.54, 1.807) is 6.92 Å². The predicted octanol–water partition coefficient (Wildman–Crippen LogP) is -1.09. The van der Waals surface area contributed by atoms with E-state index in [1.165, 1.54) is 0 Å². The van der Waals surface area contributed by atoms with Gasteiger partial charge in [-0.05, 0) is 6.92 Å². The Labute approximate surface area is 57.4 Å². The first-order valence-corrected chi connectivity index (χ1v) is 2.65. The van der Waals surface area contributed by atoms with Crippen molar-refractivity contribution in [2.75, 3.05) is 5.73 Å². The Morgan fingerprint density at radius 3 is 2.50 bits per heavy atom. The van der Waals surface area contributed by atoms with E-state index in [0.717, 1.165) is 4.68 Å². The summed E-state index contributed by atoms with van der Waals surface area (Å²) in [6.45, 7) is 1.68. The first-order valence-electron chi connectivity index (χ1n) is 2.65.